The van der Waals surface area contributed by atoms with E-state index in [0.29, 0.717) is 29.6 Å². The average molecular weight is 261 g/mol. The highest BCUT2D eigenvalue weighted by atomic mass is 35.5. The SMILES string of the molecule is COc1cc(N2CCC(O)C(F)C2)c(Cl)cn1. The predicted octanol–water partition coefficient (Wildman–Crippen LogP) is 1.65. The summed E-state index contributed by atoms with van der Waals surface area (Å²) in [6.45, 7) is 0.697. The van der Waals surface area contributed by atoms with Crippen LogP contribution >= 0.6 is 11.6 Å². The highest BCUT2D eigenvalue weighted by Gasteiger charge is 2.28. The Morgan fingerprint density at radius 3 is 3.06 bits per heavy atom. The summed E-state index contributed by atoms with van der Waals surface area (Å²) < 4.78 is 18.5. The molecule has 94 valence electrons. The quantitative estimate of drug-likeness (QED) is 0.878. The van der Waals surface area contributed by atoms with Gasteiger partial charge < -0.3 is 14.7 Å². The number of hydrogen-bond donors (Lipinski definition) is 1. The van der Waals surface area contributed by atoms with E-state index in [4.69, 9.17) is 16.3 Å². The van der Waals surface area contributed by atoms with Gasteiger partial charge in [0.2, 0.25) is 5.88 Å². The molecule has 1 saturated heterocycles. The number of halogens is 2. The zero-order chi connectivity index (χ0) is 12.4. The maximum absolute atomic E-state index is 13.4. The topological polar surface area (TPSA) is 45.6 Å². The normalized spacial score (nSPS) is 24.8. The summed E-state index contributed by atoms with van der Waals surface area (Å²) in [5.74, 6) is 0.436. The van der Waals surface area contributed by atoms with Crippen molar-refractivity contribution in [3.63, 3.8) is 0 Å². The van der Waals surface area contributed by atoms with Crippen molar-refractivity contribution in [1.29, 1.82) is 0 Å². The molecule has 4 nitrogen and oxygen atoms in total. The zero-order valence-corrected chi connectivity index (χ0v) is 10.2. The van der Waals surface area contributed by atoms with Crippen LogP contribution in [0.3, 0.4) is 0 Å². The van der Waals surface area contributed by atoms with E-state index in [0.717, 1.165) is 0 Å². The average Bonchev–Trinajstić information content (AvgIpc) is 2.33. The van der Waals surface area contributed by atoms with Crippen LogP contribution in [0.15, 0.2) is 12.3 Å². The number of anilines is 1. The van der Waals surface area contributed by atoms with E-state index in [2.05, 4.69) is 4.98 Å². The van der Waals surface area contributed by atoms with E-state index in [1.807, 2.05) is 0 Å². The summed E-state index contributed by atoms with van der Waals surface area (Å²) in [5.41, 5.74) is 0.688. The third kappa shape index (κ3) is 2.61. The molecule has 1 aliphatic heterocycles. The lowest BCUT2D eigenvalue weighted by atomic mass is 10.1. The minimum absolute atomic E-state index is 0.133. The number of rotatable bonds is 2. The van der Waals surface area contributed by atoms with E-state index in [1.165, 1.54) is 13.3 Å². The Morgan fingerprint density at radius 1 is 1.65 bits per heavy atom. The second kappa shape index (κ2) is 5.06. The number of methoxy groups -OCH3 is 1. The molecular formula is C11H14ClFN2O2. The Balaban J connectivity index is 2.21. The molecule has 2 atom stereocenters. The minimum Gasteiger partial charge on any atom is -0.481 e. The Bertz CT molecular complexity index is 405. The number of hydrogen-bond acceptors (Lipinski definition) is 4. The molecule has 0 aromatic carbocycles. The smallest absolute Gasteiger partial charge is 0.215 e. The van der Waals surface area contributed by atoms with Crippen LogP contribution < -0.4 is 9.64 Å². The van der Waals surface area contributed by atoms with Gasteiger partial charge in [-0.1, -0.05) is 11.6 Å². The number of alkyl halides is 1. The minimum atomic E-state index is -1.25. The van der Waals surface area contributed by atoms with Gasteiger partial charge in [-0.05, 0) is 6.42 Å². The van der Waals surface area contributed by atoms with E-state index < -0.39 is 12.3 Å². The van der Waals surface area contributed by atoms with Crippen molar-refractivity contribution in [1.82, 2.24) is 4.98 Å². The molecule has 1 fully saturated rings. The van der Waals surface area contributed by atoms with Crippen molar-refractivity contribution in [2.24, 2.45) is 0 Å². The molecule has 2 unspecified atom stereocenters. The molecule has 0 aliphatic carbocycles. The van der Waals surface area contributed by atoms with Gasteiger partial charge in [0.15, 0.2) is 0 Å². The van der Waals surface area contributed by atoms with Gasteiger partial charge in [-0.15, -0.1) is 0 Å². The van der Waals surface area contributed by atoms with Crippen LogP contribution in [0, 0.1) is 0 Å². The first-order valence-electron chi connectivity index (χ1n) is 5.38. The van der Waals surface area contributed by atoms with Crippen LogP contribution in [0.2, 0.25) is 5.02 Å². The lowest BCUT2D eigenvalue weighted by molar-refractivity contribution is 0.0615. The number of aliphatic hydroxyl groups excluding tert-OH is 1. The fraction of sp³-hybridized carbons (Fsp3) is 0.545. The van der Waals surface area contributed by atoms with Crippen LogP contribution in [0.4, 0.5) is 10.1 Å². The highest BCUT2D eigenvalue weighted by molar-refractivity contribution is 6.33. The standard InChI is InChI=1S/C11H14ClFN2O2/c1-17-11-4-9(7(12)5-14-11)15-3-2-10(16)8(13)6-15/h4-5,8,10,16H,2-3,6H2,1H3. The molecule has 0 amide bonds. The van der Waals surface area contributed by atoms with Crippen LogP contribution in [0.5, 0.6) is 5.88 Å². The van der Waals surface area contributed by atoms with Crippen molar-refractivity contribution >= 4 is 17.3 Å². The summed E-state index contributed by atoms with van der Waals surface area (Å²) in [6.07, 6.45) is -0.261. The second-order valence-corrected chi connectivity index (χ2v) is 4.40. The monoisotopic (exact) mass is 260 g/mol. The molecule has 1 aromatic rings. The number of aromatic nitrogens is 1. The molecule has 0 saturated carbocycles. The van der Waals surface area contributed by atoms with Crippen LogP contribution in [-0.4, -0.2) is 42.6 Å². The summed E-state index contributed by atoms with van der Waals surface area (Å²) in [4.78, 5) is 5.76. The molecule has 1 N–H and O–H groups in total. The van der Waals surface area contributed by atoms with Gasteiger partial charge in [0.25, 0.3) is 0 Å². The Hall–Kier alpha value is -1.07. The van der Waals surface area contributed by atoms with E-state index >= 15 is 0 Å². The molecule has 0 radical (unpaired) electrons. The third-order valence-electron chi connectivity index (χ3n) is 2.87. The highest BCUT2D eigenvalue weighted by Crippen LogP contribution is 2.30. The molecule has 2 rings (SSSR count). The molecule has 0 bridgehead atoms. The van der Waals surface area contributed by atoms with Crippen molar-refractivity contribution in [3.8, 4) is 5.88 Å². The summed E-state index contributed by atoms with van der Waals surface area (Å²) in [7, 11) is 1.51. The molecule has 0 spiro atoms. The van der Waals surface area contributed by atoms with Gasteiger partial charge in [0.05, 0.1) is 36.7 Å². The summed E-state index contributed by atoms with van der Waals surface area (Å²) in [5, 5.41) is 9.79. The Morgan fingerprint density at radius 2 is 2.41 bits per heavy atom. The Kier molecular flexibility index (Phi) is 3.69. The molecular weight excluding hydrogens is 247 g/mol. The van der Waals surface area contributed by atoms with Gasteiger partial charge in [0, 0.05) is 12.6 Å². The summed E-state index contributed by atoms with van der Waals surface area (Å²) in [6, 6.07) is 1.67. The van der Waals surface area contributed by atoms with E-state index in [-0.39, 0.29) is 6.54 Å². The predicted molar refractivity (Wildman–Crippen MR) is 63.5 cm³/mol. The van der Waals surface area contributed by atoms with Gasteiger partial charge >= 0.3 is 0 Å². The van der Waals surface area contributed by atoms with Crippen molar-refractivity contribution in [3.05, 3.63) is 17.3 Å². The maximum atomic E-state index is 13.4. The first-order valence-corrected chi connectivity index (χ1v) is 5.76. The lowest BCUT2D eigenvalue weighted by Gasteiger charge is -2.34. The van der Waals surface area contributed by atoms with Gasteiger partial charge in [-0.2, -0.15) is 0 Å². The number of nitrogens with zero attached hydrogens (tertiary/aromatic N) is 2. The van der Waals surface area contributed by atoms with Crippen LogP contribution in [0.1, 0.15) is 6.42 Å². The maximum Gasteiger partial charge on any atom is 0.215 e. The van der Waals surface area contributed by atoms with Gasteiger partial charge in [0.1, 0.15) is 6.17 Å². The van der Waals surface area contributed by atoms with E-state index in [9.17, 15) is 9.50 Å². The first-order chi connectivity index (χ1) is 8.11. The Labute approximate surface area is 104 Å². The van der Waals surface area contributed by atoms with Gasteiger partial charge in [-0.3, -0.25) is 0 Å². The third-order valence-corrected chi connectivity index (χ3v) is 3.16. The largest absolute Gasteiger partial charge is 0.481 e. The van der Waals surface area contributed by atoms with Crippen molar-refractivity contribution in [2.75, 3.05) is 25.1 Å². The van der Waals surface area contributed by atoms with Crippen LogP contribution in [-0.2, 0) is 0 Å². The number of pyridine rings is 1. The molecule has 6 heteroatoms. The van der Waals surface area contributed by atoms with E-state index in [1.54, 1.807) is 11.0 Å². The number of aliphatic hydroxyl groups is 1. The van der Waals surface area contributed by atoms with Crippen LogP contribution in [0.25, 0.3) is 0 Å². The molecule has 17 heavy (non-hydrogen) atoms. The molecule has 1 aromatic heterocycles. The van der Waals surface area contributed by atoms with Crippen molar-refractivity contribution < 1.29 is 14.2 Å². The first kappa shape index (κ1) is 12.4. The summed E-state index contributed by atoms with van der Waals surface area (Å²) >= 11 is 6.03. The molecule has 2 heterocycles. The number of piperidine rings is 1. The zero-order valence-electron chi connectivity index (χ0n) is 9.44. The number of ether oxygens (including phenoxy) is 1. The molecule has 1 aliphatic rings. The fourth-order valence-electron chi connectivity index (χ4n) is 1.87. The van der Waals surface area contributed by atoms with Crippen molar-refractivity contribution in [2.45, 2.75) is 18.7 Å². The second-order valence-electron chi connectivity index (χ2n) is 4.00. The van der Waals surface area contributed by atoms with Gasteiger partial charge in [-0.25, -0.2) is 9.37 Å². The lowest BCUT2D eigenvalue weighted by Crippen LogP contribution is -2.44. The fourth-order valence-corrected chi connectivity index (χ4v) is 2.10.